The molecule has 1 aliphatic rings. The summed E-state index contributed by atoms with van der Waals surface area (Å²) in [5.41, 5.74) is 2.85. The van der Waals surface area contributed by atoms with E-state index in [1.807, 2.05) is 12.1 Å². The monoisotopic (exact) mass is 369 g/mol. The van der Waals surface area contributed by atoms with Gasteiger partial charge >= 0.3 is 0 Å². The van der Waals surface area contributed by atoms with Crippen LogP contribution >= 0.6 is 27.5 Å². The van der Waals surface area contributed by atoms with Gasteiger partial charge in [0.2, 0.25) is 0 Å². The molecule has 1 nitrogen and oxygen atoms in total. The lowest BCUT2D eigenvalue weighted by Crippen LogP contribution is -2.24. The van der Waals surface area contributed by atoms with Crippen LogP contribution in [-0.2, 0) is 0 Å². The molecule has 116 valence electrons. The molecule has 1 unspecified atom stereocenters. The van der Waals surface area contributed by atoms with Crippen LogP contribution in [0, 0.1) is 0 Å². The van der Waals surface area contributed by atoms with Gasteiger partial charge in [0.25, 0.3) is 0 Å². The zero-order chi connectivity index (χ0) is 15.1. The molecule has 0 spiro atoms. The van der Waals surface area contributed by atoms with Gasteiger partial charge in [-0.2, -0.15) is 0 Å². The van der Waals surface area contributed by atoms with E-state index in [4.69, 9.17) is 11.6 Å². The van der Waals surface area contributed by atoms with E-state index < -0.39 is 0 Å². The number of hydrogen-bond acceptors (Lipinski definition) is 1. The van der Waals surface area contributed by atoms with Gasteiger partial charge in [0.1, 0.15) is 0 Å². The Balaban J connectivity index is 2.27. The van der Waals surface area contributed by atoms with Crippen molar-refractivity contribution in [2.75, 3.05) is 6.54 Å². The van der Waals surface area contributed by atoms with Crippen LogP contribution < -0.4 is 5.32 Å². The summed E-state index contributed by atoms with van der Waals surface area (Å²) in [5.74, 6) is 0. The van der Waals surface area contributed by atoms with Crippen LogP contribution in [0.1, 0.15) is 63.5 Å². The molecule has 0 saturated carbocycles. The van der Waals surface area contributed by atoms with Crippen molar-refractivity contribution in [3.05, 3.63) is 44.9 Å². The van der Waals surface area contributed by atoms with Gasteiger partial charge in [-0.05, 0) is 56.3 Å². The highest BCUT2D eigenvalue weighted by atomic mass is 79.9. The quantitative estimate of drug-likeness (QED) is 0.589. The Hall–Kier alpha value is -0.310. The summed E-state index contributed by atoms with van der Waals surface area (Å²) < 4.78 is 1.10. The van der Waals surface area contributed by atoms with E-state index in [9.17, 15) is 0 Å². The summed E-state index contributed by atoms with van der Waals surface area (Å²) >= 11 is 9.78. The van der Waals surface area contributed by atoms with Crippen LogP contribution in [0.4, 0.5) is 0 Å². The molecule has 2 rings (SSSR count). The molecular formula is C18H25BrClN. The van der Waals surface area contributed by atoms with Gasteiger partial charge in [-0.15, -0.1) is 0 Å². The minimum absolute atomic E-state index is 0.315. The van der Waals surface area contributed by atoms with Crippen molar-refractivity contribution >= 4 is 27.5 Å². The van der Waals surface area contributed by atoms with Gasteiger partial charge in [0.05, 0.1) is 6.04 Å². The average molecular weight is 371 g/mol. The molecule has 1 aliphatic carbocycles. The smallest absolute Gasteiger partial charge is 0.0547 e. The van der Waals surface area contributed by atoms with Crippen LogP contribution in [0.2, 0.25) is 5.02 Å². The average Bonchev–Trinajstić information content (AvgIpc) is 2.42. The third-order valence-electron chi connectivity index (χ3n) is 4.07. The summed E-state index contributed by atoms with van der Waals surface area (Å²) in [5, 5.41) is 4.51. The van der Waals surface area contributed by atoms with E-state index in [2.05, 4.69) is 40.3 Å². The Labute approximate surface area is 142 Å². The molecule has 0 amide bonds. The Bertz CT molecular complexity index is 484. The second kappa shape index (κ2) is 8.97. The second-order valence-corrected chi connectivity index (χ2v) is 7.08. The van der Waals surface area contributed by atoms with Crippen molar-refractivity contribution in [3.63, 3.8) is 0 Å². The predicted octanol–water partition coefficient (Wildman–Crippen LogP) is 6.42. The number of halogens is 2. The zero-order valence-corrected chi connectivity index (χ0v) is 15.1. The van der Waals surface area contributed by atoms with Gasteiger partial charge in [0, 0.05) is 9.50 Å². The fourth-order valence-electron chi connectivity index (χ4n) is 2.94. The largest absolute Gasteiger partial charge is 0.307 e. The van der Waals surface area contributed by atoms with Crippen molar-refractivity contribution in [2.45, 2.75) is 57.9 Å². The molecule has 1 aromatic rings. The van der Waals surface area contributed by atoms with E-state index in [0.29, 0.717) is 6.04 Å². The maximum atomic E-state index is 6.09. The highest BCUT2D eigenvalue weighted by Crippen LogP contribution is 2.34. The predicted molar refractivity (Wildman–Crippen MR) is 96.0 cm³/mol. The number of allylic oxidation sites excluding steroid dienone is 1. The summed E-state index contributed by atoms with van der Waals surface area (Å²) in [4.78, 5) is 0. The van der Waals surface area contributed by atoms with Crippen LogP contribution in [0.5, 0.6) is 0 Å². The van der Waals surface area contributed by atoms with Gasteiger partial charge in [-0.1, -0.05) is 65.0 Å². The first-order chi connectivity index (χ1) is 10.2. The minimum Gasteiger partial charge on any atom is -0.307 e. The molecule has 0 heterocycles. The number of hydrogen-bond donors (Lipinski definition) is 1. The Kier molecular flexibility index (Phi) is 7.28. The topological polar surface area (TPSA) is 12.0 Å². The standard InChI is InChI=1S/C18H25BrClN/c1-2-12-21-18(14-8-6-4-3-5-7-9-14)16-11-10-15(20)13-17(16)19/h8,10-11,13,18,21H,2-7,9,12H2,1H3/b14-8+. The van der Waals surface area contributed by atoms with Gasteiger partial charge in [-0.25, -0.2) is 0 Å². The first-order valence-electron chi connectivity index (χ1n) is 8.09. The van der Waals surface area contributed by atoms with Crippen LogP contribution in [0.15, 0.2) is 34.3 Å². The fraction of sp³-hybridized carbons (Fsp3) is 0.556. The Morgan fingerprint density at radius 3 is 2.81 bits per heavy atom. The van der Waals surface area contributed by atoms with Gasteiger partial charge in [0.15, 0.2) is 0 Å². The van der Waals surface area contributed by atoms with Crippen molar-refractivity contribution < 1.29 is 0 Å². The molecule has 1 N–H and O–H groups in total. The maximum absolute atomic E-state index is 6.09. The highest BCUT2D eigenvalue weighted by molar-refractivity contribution is 9.10. The number of nitrogens with one attached hydrogen (secondary N) is 1. The third kappa shape index (κ3) is 5.12. The normalized spacial score (nSPS) is 20.2. The summed E-state index contributed by atoms with van der Waals surface area (Å²) in [6.07, 6.45) is 11.4. The summed E-state index contributed by atoms with van der Waals surface area (Å²) in [6.45, 7) is 3.25. The van der Waals surface area contributed by atoms with Crippen molar-refractivity contribution in [3.8, 4) is 0 Å². The molecule has 0 fully saturated rings. The highest BCUT2D eigenvalue weighted by Gasteiger charge is 2.19. The lowest BCUT2D eigenvalue weighted by atomic mass is 9.91. The first-order valence-corrected chi connectivity index (χ1v) is 9.26. The SMILES string of the molecule is CCCNC(/C1=C/CCCCCC1)c1ccc(Cl)cc1Br. The van der Waals surface area contributed by atoms with Crippen molar-refractivity contribution in [1.29, 1.82) is 0 Å². The fourth-order valence-corrected chi connectivity index (χ4v) is 3.86. The molecule has 0 aromatic heterocycles. The summed E-state index contributed by atoms with van der Waals surface area (Å²) in [7, 11) is 0. The molecular weight excluding hydrogens is 346 g/mol. The lowest BCUT2D eigenvalue weighted by molar-refractivity contribution is 0.539. The van der Waals surface area contributed by atoms with Crippen molar-refractivity contribution in [1.82, 2.24) is 5.32 Å². The first kappa shape index (κ1) is 17.1. The molecule has 21 heavy (non-hydrogen) atoms. The summed E-state index contributed by atoms with van der Waals surface area (Å²) in [6, 6.07) is 6.46. The second-order valence-electron chi connectivity index (χ2n) is 5.78. The molecule has 0 bridgehead atoms. The van der Waals surface area contributed by atoms with Crippen LogP contribution in [-0.4, -0.2) is 6.54 Å². The molecule has 3 heteroatoms. The van der Waals surface area contributed by atoms with Crippen molar-refractivity contribution in [2.24, 2.45) is 0 Å². The van der Waals surface area contributed by atoms with Gasteiger partial charge in [-0.3, -0.25) is 0 Å². The zero-order valence-electron chi connectivity index (χ0n) is 12.8. The third-order valence-corrected chi connectivity index (χ3v) is 4.99. The molecule has 0 radical (unpaired) electrons. The molecule has 0 aliphatic heterocycles. The Morgan fingerprint density at radius 1 is 1.24 bits per heavy atom. The Morgan fingerprint density at radius 2 is 2.05 bits per heavy atom. The van der Waals surface area contributed by atoms with E-state index in [1.165, 1.54) is 44.1 Å². The van der Waals surface area contributed by atoms with E-state index in [1.54, 1.807) is 5.57 Å². The number of benzene rings is 1. The molecule has 0 saturated heterocycles. The van der Waals surface area contributed by atoms with Gasteiger partial charge < -0.3 is 5.32 Å². The lowest BCUT2D eigenvalue weighted by Gasteiger charge is -2.25. The molecule has 1 aromatic carbocycles. The van der Waals surface area contributed by atoms with Crippen LogP contribution in [0.3, 0.4) is 0 Å². The van der Waals surface area contributed by atoms with E-state index >= 15 is 0 Å². The van der Waals surface area contributed by atoms with Crippen LogP contribution in [0.25, 0.3) is 0 Å². The molecule has 1 atom stereocenters. The van der Waals surface area contributed by atoms with E-state index in [0.717, 1.165) is 22.5 Å². The number of rotatable bonds is 5. The minimum atomic E-state index is 0.315. The maximum Gasteiger partial charge on any atom is 0.0547 e. The van der Waals surface area contributed by atoms with E-state index in [-0.39, 0.29) is 0 Å².